The van der Waals surface area contributed by atoms with E-state index >= 15 is 0 Å². The van der Waals surface area contributed by atoms with Crippen molar-refractivity contribution in [3.05, 3.63) is 107 Å². The summed E-state index contributed by atoms with van der Waals surface area (Å²) >= 11 is 0. The first-order valence-corrected chi connectivity index (χ1v) is 13.8. The van der Waals surface area contributed by atoms with Crippen molar-refractivity contribution in [1.82, 2.24) is 9.97 Å². The summed E-state index contributed by atoms with van der Waals surface area (Å²) in [5.41, 5.74) is 10.8. The summed E-state index contributed by atoms with van der Waals surface area (Å²) in [7, 11) is 0. The normalized spacial score (nSPS) is 24.2. The molecule has 0 amide bonds. The molecule has 1 radical (unpaired) electrons. The van der Waals surface area contributed by atoms with E-state index in [9.17, 15) is 0 Å². The van der Waals surface area contributed by atoms with E-state index in [1.807, 2.05) is 42.5 Å². The molecular formula is C34H32IrN2-2. The van der Waals surface area contributed by atoms with Crippen molar-refractivity contribution in [3.63, 3.8) is 0 Å². The van der Waals surface area contributed by atoms with Gasteiger partial charge in [0, 0.05) is 32.5 Å². The van der Waals surface area contributed by atoms with Gasteiger partial charge in [0.05, 0.1) is 0 Å². The van der Waals surface area contributed by atoms with Gasteiger partial charge in [-0.3, -0.25) is 0 Å². The number of hydrogen-bond acceptors (Lipinski definition) is 2. The first-order chi connectivity index (χ1) is 17.8. The summed E-state index contributed by atoms with van der Waals surface area (Å²) in [6.45, 7) is 0. The fraction of sp³-hybridized carbons (Fsp3) is 0.353. The molecule has 2 heterocycles. The molecule has 6 aliphatic carbocycles. The van der Waals surface area contributed by atoms with Gasteiger partial charge in [0.15, 0.2) is 0 Å². The average molecular weight is 661 g/mol. The number of hydrogen-bond donors (Lipinski definition) is 0. The van der Waals surface area contributed by atoms with Gasteiger partial charge in [-0.2, -0.15) is 0 Å². The van der Waals surface area contributed by atoms with E-state index in [1.54, 1.807) is 28.5 Å². The predicted molar refractivity (Wildman–Crippen MR) is 145 cm³/mol. The number of benzene rings is 2. The van der Waals surface area contributed by atoms with E-state index in [-0.39, 0.29) is 20.1 Å². The van der Waals surface area contributed by atoms with Crippen LogP contribution in [0.4, 0.5) is 0 Å². The maximum atomic E-state index is 4.86. The summed E-state index contributed by atoms with van der Waals surface area (Å²) in [6, 6.07) is 27.5. The molecule has 2 aromatic carbocycles. The Balaban J connectivity index is 0.000000165. The smallest absolute Gasteiger partial charge is 0.0198 e. The Kier molecular flexibility index (Phi) is 7.10. The van der Waals surface area contributed by atoms with Crippen molar-refractivity contribution in [1.29, 1.82) is 0 Å². The number of pyridine rings is 2. The molecule has 10 rings (SSSR count). The Hall–Kier alpha value is -2.61. The first kappa shape index (κ1) is 24.7. The summed E-state index contributed by atoms with van der Waals surface area (Å²) < 4.78 is 0. The van der Waals surface area contributed by atoms with E-state index in [0.717, 1.165) is 40.6 Å². The monoisotopic (exact) mass is 661 g/mol. The minimum absolute atomic E-state index is 0. The third-order valence-corrected chi connectivity index (χ3v) is 9.12. The first-order valence-electron chi connectivity index (χ1n) is 13.8. The van der Waals surface area contributed by atoms with Crippen LogP contribution in [0, 0.1) is 12.1 Å². The summed E-state index contributed by atoms with van der Waals surface area (Å²) in [6.07, 6.45) is 15.1. The molecule has 0 atom stereocenters. The van der Waals surface area contributed by atoms with Gasteiger partial charge in [-0.25, -0.2) is 0 Å². The fourth-order valence-electron chi connectivity index (χ4n) is 7.20. The summed E-state index contributed by atoms with van der Waals surface area (Å²) in [4.78, 5) is 9.08. The largest absolute Gasteiger partial charge is 0.305 e. The Morgan fingerprint density at radius 2 is 1.22 bits per heavy atom. The zero-order valence-electron chi connectivity index (χ0n) is 21.1. The van der Waals surface area contributed by atoms with Crippen LogP contribution in [-0.2, 0) is 20.1 Å². The Labute approximate surface area is 234 Å². The van der Waals surface area contributed by atoms with Gasteiger partial charge < -0.3 is 9.97 Å². The molecule has 4 aromatic rings. The van der Waals surface area contributed by atoms with Crippen LogP contribution in [0.25, 0.3) is 22.5 Å². The number of nitrogens with zero attached hydrogens (tertiary/aromatic N) is 2. The Morgan fingerprint density at radius 3 is 1.86 bits per heavy atom. The SMILES string of the molecule is [Ir].[c-]1cc2c(cc1-c1cc3c(cn1)C1CCC3CC1)C1CCC2CC1.[c-]1ccccc1-c1ccccn1. The van der Waals surface area contributed by atoms with Crippen molar-refractivity contribution >= 4 is 0 Å². The molecule has 2 aromatic heterocycles. The molecule has 0 unspecified atom stereocenters. The van der Waals surface area contributed by atoms with Gasteiger partial charge in [-0.1, -0.05) is 37.0 Å². The standard InChI is InChI=1S/C23H24N.C11H8N.Ir/c1-3-15-4-2-14(1)19-10-9-18(11-20(15)19)23-12-21-16-5-7-17(8-6-16)22(21)13-24-23;1-2-6-10(7-3-1)11-8-4-5-9-12-11;/h10-17H,1-8H2;1-6,8-9H;/q2*-1;. The molecule has 6 aliphatic rings. The van der Waals surface area contributed by atoms with Crippen LogP contribution >= 0.6 is 0 Å². The fourth-order valence-corrected chi connectivity index (χ4v) is 7.20. The zero-order valence-corrected chi connectivity index (χ0v) is 23.5. The van der Waals surface area contributed by atoms with Crippen LogP contribution in [-0.4, -0.2) is 9.97 Å². The molecule has 2 nitrogen and oxygen atoms in total. The van der Waals surface area contributed by atoms with Crippen molar-refractivity contribution in [2.24, 2.45) is 0 Å². The van der Waals surface area contributed by atoms with Gasteiger partial charge in [-0.05, 0) is 84.9 Å². The van der Waals surface area contributed by atoms with Crippen LogP contribution in [0.3, 0.4) is 0 Å². The average Bonchev–Trinajstić information content (AvgIpc) is 2.99. The third kappa shape index (κ3) is 4.73. The maximum absolute atomic E-state index is 4.86. The minimum atomic E-state index is 0. The van der Waals surface area contributed by atoms with E-state index in [4.69, 9.17) is 4.98 Å². The van der Waals surface area contributed by atoms with Crippen LogP contribution < -0.4 is 0 Å². The quantitative estimate of drug-likeness (QED) is 0.201. The summed E-state index contributed by atoms with van der Waals surface area (Å²) in [5.74, 6) is 3.18. The molecule has 37 heavy (non-hydrogen) atoms. The van der Waals surface area contributed by atoms with Crippen LogP contribution in [0.1, 0.15) is 97.3 Å². The topological polar surface area (TPSA) is 25.8 Å². The second kappa shape index (κ2) is 10.6. The number of rotatable bonds is 2. The summed E-state index contributed by atoms with van der Waals surface area (Å²) in [5, 5.41) is 0. The van der Waals surface area contributed by atoms with E-state index < -0.39 is 0 Å². The Morgan fingerprint density at radius 1 is 0.568 bits per heavy atom. The zero-order chi connectivity index (χ0) is 23.9. The molecule has 0 N–H and O–H groups in total. The van der Waals surface area contributed by atoms with Gasteiger partial charge in [0.1, 0.15) is 0 Å². The van der Waals surface area contributed by atoms with Crippen LogP contribution in [0.15, 0.2) is 73.1 Å². The minimum Gasteiger partial charge on any atom is -0.305 e. The van der Waals surface area contributed by atoms with Crippen molar-refractivity contribution < 1.29 is 20.1 Å². The molecule has 189 valence electrons. The molecule has 2 saturated carbocycles. The third-order valence-electron chi connectivity index (χ3n) is 9.12. The van der Waals surface area contributed by atoms with Gasteiger partial charge in [-0.15, -0.1) is 70.8 Å². The van der Waals surface area contributed by atoms with E-state index in [2.05, 4.69) is 41.5 Å². The molecule has 4 bridgehead atoms. The molecule has 0 spiro atoms. The maximum Gasteiger partial charge on any atom is 0.0198 e. The van der Waals surface area contributed by atoms with Gasteiger partial charge >= 0.3 is 0 Å². The molecule has 0 aliphatic heterocycles. The van der Waals surface area contributed by atoms with Crippen molar-refractivity contribution in [2.75, 3.05) is 0 Å². The van der Waals surface area contributed by atoms with E-state index in [0.29, 0.717) is 0 Å². The Bertz CT molecular complexity index is 1240. The molecule has 0 saturated heterocycles. The molecule has 3 heteroatoms. The number of fused-ring (bicyclic) bond motifs is 4. The van der Waals surface area contributed by atoms with Crippen molar-refractivity contribution in [3.8, 4) is 22.5 Å². The molecule has 2 fully saturated rings. The van der Waals surface area contributed by atoms with Gasteiger partial charge in [0.25, 0.3) is 0 Å². The second-order valence-electron chi connectivity index (χ2n) is 11.0. The molecular weight excluding hydrogens is 629 g/mol. The number of aromatic nitrogens is 2. The van der Waals surface area contributed by atoms with Gasteiger partial charge in [0.2, 0.25) is 0 Å². The predicted octanol–water partition coefficient (Wildman–Crippen LogP) is 8.60. The van der Waals surface area contributed by atoms with Crippen LogP contribution in [0.2, 0.25) is 0 Å². The second-order valence-corrected chi connectivity index (χ2v) is 11.0. The van der Waals surface area contributed by atoms with E-state index in [1.165, 1.54) is 56.9 Å². The van der Waals surface area contributed by atoms with Crippen molar-refractivity contribution in [2.45, 2.75) is 75.0 Å². The van der Waals surface area contributed by atoms with Crippen LogP contribution in [0.5, 0.6) is 0 Å².